The van der Waals surface area contributed by atoms with E-state index in [1.54, 1.807) is 36.2 Å². The molecular formula is C26H26N4O5. The number of carbonyl (C=O) groups is 2. The van der Waals surface area contributed by atoms with Crippen molar-refractivity contribution < 1.29 is 19.2 Å². The first-order valence-electron chi connectivity index (χ1n) is 11.1. The fraction of sp³-hybridized carbons (Fsp3) is 0.231. The van der Waals surface area contributed by atoms with E-state index in [1.165, 1.54) is 19.2 Å². The number of likely N-dealkylation sites (N-methyl/N-ethyl adjacent to an activating group) is 1. The summed E-state index contributed by atoms with van der Waals surface area (Å²) in [7, 11) is 3.10. The Morgan fingerprint density at radius 3 is 2.37 bits per heavy atom. The number of non-ortho nitro benzene ring substituents is 1. The molecule has 0 radical (unpaired) electrons. The second-order valence-electron chi connectivity index (χ2n) is 8.44. The molecule has 2 N–H and O–H groups in total. The number of amides is 2. The quantitative estimate of drug-likeness (QED) is 0.397. The molecule has 3 aromatic carbocycles. The number of methoxy groups -OCH3 is 1. The van der Waals surface area contributed by atoms with Crippen molar-refractivity contribution in [1.29, 1.82) is 0 Å². The first-order valence-corrected chi connectivity index (χ1v) is 11.1. The van der Waals surface area contributed by atoms with Gasteiger partial charge in [-0.3, -0.25) is 19.7 Å². The van der Waals surface area contributed by atoms with Gasteiger partial charge in [0.2, 0.25) is 0 Å². The number of nitrogens with zero attached hydrogens (tertiary/aromatic N) is 2. The number of aryl methyl sites for hydroxylation is 1. The van der Waals surface area contributed by atoms with Crippen LogP contribution in [0.25, 0.3) is 0 Å². The standard InChI is InChI=1S/C26H26N4O5/c1-16-4-6-18(7-5-16)15-27-25(31)20-12-13-21-23(24(20)35-3)26(32)29(2)22(28-21)14-17-8-10-19(11-9-17)30(33)34/h4-13,22,28H,14-15H2,1-3H3,(H,27,31). The van der Waals surface area contributed by atoms with Gasteiger partial charge in [-0.15, -0.1) is 0 Å². The fourth-order valence-corrected chi connectivity index (χ4v) is 4.05. The first kappa shape index (κ1) is 23.7. The van der Waals surface area contributed by atoms with E-state index in [1.807, 2.05) is 31.2 Å². The largest absolute Gasteiger partial charge is 0.495 e. The first-order chi connectivity index (χ1) is 16.8. The SMILES string of the molecule is COc1c(C(=O)NCc2ccc(C)cc2)ccc2c1C(=O)N(C)C(Cc1ccc([N+](=O)[O-])cc1)N2. The molecule has 1 atom stereocenters. The van der Waals surface area contributed by atoms with E-state index < -0.39 is 4.92 Å². The van der Waals surface area contributed by atoms with Gasteiger partial charge in [-0.05, 0) is 30.2 Å². The molecule has 0 saturated heterocycles. The van der Waals surface area contributed by atoms with Crippen LogP contribution in [0.3, 0.4) is 0 Å². The number of benzene rings is 3. The van der Waals surface area contributed by atoms with E-state index in [0.717, 1.165) is 16.7 Å². The van der Waals surface area contributed by atoms with Crippen molar-refractivity contribution >= 4 is 23.2 Å². The van der Waals surface area contributed by atoms with Gasteiger partial charge < -0.3 is 20.3 Å². The van der Waals surface area contributed by atoms with Crippen molar-refractivity contribution in [2.75, 3.05) is 19.5 Å². The van der Waals surface area contributed by atoms with Crippen LogP contribution in [0.1, 0.15) is 37.4 Å². The van der Waals surface area contributed by atoms with Gasteiger partial charge in [-0.2, -0.15) is 0 Å². The van der Waals surface area contributed by atoms with Gasteiger partial charge in [0.15, 0.2) is 0 Å². The predicted molar refractivity (Wildman–Crippen MR) is 132 cm³/mol. The average molecular weight is 475 g/mol. The second kappa shape index (κ2) is 9.84. The molecule has 0 spiro atoms. The highest BCUT2D eigenvalue weighted by molar-refractivity contribution is 6.09. The van der Waals surface area contributed by atoms with Gasteiger partial charge in [-0.1, -0.05) is 42.0 Å². The number of nitro groups is 1. The molecule has 1 aliphatic heterocycles. The number of ether oxygens (including phenoxy) is 1. The van der Waals surface area contributed by atoms with Crippen LogP contribution >= 0.6 is 0 Å². The highest BCUT2D eigenvalue weighted by atomic mass is 16.6. The minimum Gasteiger partial charge on any atom is -0.495 e. The third-order valence-corrected chi connectivity index (χ3v) is 6.08. The molecule has 0 aliphatic carbocycles. The van der Waals surface area contributed by atoms with Crippen molar-refractivity contribution in [1.82, 2.24) is 10.2 Å². The summed E-state index contributed by atoms with van der Waals surface area (Å²) >= 11 is 0. The zero-order valence-electron chi connectivity index (χ0n) is 19.7. The zero-order valence-corrected chi connectivity index (χ0v) is 19.7. The molecule has 1 aliphatic rings. The molecule has 3 aromatic rings. The number of nitrogens with one attached hydrogen (secondary N) is 2. The number of hydrogen-bond acceptors (Lipinski definition) is 6. The van der Waals surface area contributed by atoms with Crippen molar-refractivity contribution in [3.63, 3.8) is 0 Å². The molecule has 9 nitrogen and oxygen atoms in total. The van der Waals surface area contributed by atoms with Crippen LogP contribution in [0.2, 0.25) is 0 Å². The maximum atomic E-state index is 13.3. The van der Waals surface area contributed by atoms with Crippen molar-refractivity contribution in [3.05, 3.63) is 98.6 Å². The van der Waals surface area contributed by atoms with Gasteiger partial charge in [0.1, 0.15) is 17.5 Å². The Balaban J connectivity index is 1.54. The topological polar surface area (TPSA) is 114 Å². The van der Waals surface area contributed by atoms with Crippen LogP contribution < -0.4 is 15.4 Å². The monoisotopic (exact) mass is 474 g/mol. The molecular weight excluding hydrogens is 448 g/mol. The van der Waals surface area contributed by atoms with Gasteiger partial charge >= 0.3 is 0 Å². The van der Waals surface area contributed by atoms with Crippen LogP contribution in [0.4, 0.5) is 11.4 Å². The Bertz CT molecular complexity index is 1270. The van der Waals surface area contributed by atoms with Crippen LogP contribution in [-0.2, 0) is 13.0 Å². The lowest BCUT2D eigenvalue weighted by molar-refractivity contribution is -0.384. The minimum absolute atomic E-state index is 0.0121. The van der Waals surface area contributed by atoms with E-state index in [0.29, 0.717) is 18.7 Å². The van der Waals surface area contributed by atoms with Gasteiger partial charge in [-0.25, -0.2) is 0 Å². The molecule has 4 rings (SSSR count). The lowest BCUT2D eigenvalue weighted by Gasteiger charge is -2.36. The summed E-state index contributed by atoms with van der Waals surface area (Å²) in [5, 5.41) is 17.1. The molecule has 0 fully saturated rings. The van der Waals surface area contributed by atoms with Gasteiger partial charge in [0.25, 0.3) is 17.5 Å². The summed E-state index contributed by atoms with van der Waals surface area (Å²) in [4.78, 5) is 38.2. The summed E-state index contributed by atoms with van der Waals surface area (Å²) in [6.07, 6.45) is 0.0724. The number of anilines is 1. The van der Waals surface area contributed by atoms with Crippen LogP contribution in [-0.4, -0.2) is 42.0 Å². The molecule has 2 amide bonds. The minimum atomic E-state index is -0.449. The Labute approximate surface area is 202 Å². The Kier molecular flexibility index (Phi) is 6.68. The predicted octanol–water partition coefficient (Wildman–Crippen LogP) is 3.91. The third-order valence-electron chi connectivity index (χ3n) is 6.08. The van der Waals surface area contributed by atoms with Crippen molar-refractivity contribution in [2.24, 2.45) is 0 Å². The van der Waals surface area contributed by atoms with Crippen LogP contribution in [0, 0.1) is 17.0 Å². The number of carbonyl (C=O) groups excluding carboxylic acids is 2. The molecule has 1 heterocycles. The lowest BCUT2D eigenvalue weighted by atomic mass is 9.99. The van der Waals surface area contributed by atoms with Gasteiger partial charge in [0, 0.05) is 32.1 Å². The molecule has 0 saturated carbocycles. The molecule has 1 unspecified atom stereocenters. The average Bonchev–Trinajstić information content (AvgIpc) is 2.86. The number of fused-ring (bicyclic) bond motifs is 1. The van der Waals surface area contributed by atoms with Crippen LogP contribution in [0.5, 0.6) is 5.75 Å². The highest BCUT2D eigenvalue weighted by Gasteiger charge is 2.34. The lowest BCUT2D eigenvalue weighted by Crippen LogP contribution is -2.47. The third kappa shape index (κ3) is 4.93. The van der Waals surface area contributed by atoms with Crippen molar-refractivity contribution in [3.8, 4) is 5.75 Å². The van der Waals surface area contributed by atoms with E-state index in [-0.39, 0.29) is 40.5 Å². The fourth-order valence-electron chi connectivity index (χ4n) is 4.05. The second-order valence-corrected chi connectivity index (χ2v) is 8.44. The molecule has 180 valence electrons. The van der Waals surface area contributed by atoms with Crippen LogP contribution in [0.15, 0.2) is 60.7 Å². The summed E-state index contributed by atoms with van der Waals surface area (Å²) < 4.78 is 5.53. The molecule has 0 aromatic heterocycles. The van der Waals surface area contributed by atoms with Gasteiger partial charge in [0.05, 0.1) is 23.3 Å². The Morgan fingerprint density at radius 2 is 1.74 bits per heavy atom. The molecule has 35 heavy (non-hydrogen) atoms. The van der Waals surface area contributed by atoms with E-state index in [9.17, 15) is 19.7 Å². The maximum absolute atomic E-state index is 13.3. The number of nitro benzene ring substituents is 1. The zero-order chi connectivity index (χ0) is 25.1. The Morgan fingerprint density at radius 1 is 1.09 bits per heavy atom. The summed E-state index contributed by atoms with van der Waals surface area (Å²) in [6, 6.07) is 17.4. The maximum Gasteiger partial charge on any atom is 0.269 e. The Hall–Kier alpha value is -4.40. The normalized spacial score (nSPS) is 14.7. The number of rotatable bonds is 7. The summed E-state index contributed by atoms with van der Waals surface area (Å²) in [6.45, 7) is 2.35. The summed E-state index contributed by atoms with van der Waals surface area (Å²) in [5.74, 6) is -0.411. The van der Waals surface area contributed by atoms with E-state index >= 15 is 0 Å². The molecule has 9 heteroatoms. The molecule has 0 bridgehead atoms. The smallest absolute Gasteiger partial charge is 0.269 e. The highest BCUT2D eigenvalue weighted by Crippen LogP contribution is 2.36. The summed E-state index contributed by atoms with van der Waals surface area (Å²) in [5.41, 5.74) is 4.08. The van der Waals surface area contributed by atoms with E-state index in [2.05, 4.69) is 10.6 Å². The number of hydrogen-bond donors (Lipinski definition) is 2. The van der Waals surface area contributed by atoms with Crippen molar-refractivity contribution in [2.45, 2.75) is 26.1 Å². The van der Waals surface area contributed by atoms with E-state index in [4.69, 9.17) is 4.74 Å².